The van der Waals surface area contributed by atoms with E-state index in [1.807, 2.05) is 12.1 Å². The Kier molecular flexibility index (Phi) is 7.23. The summed E-state index contributed by atoms with van der Waals surface area (Å²) < 4.78 is 0. The number of hydrogen-bond donors (Lipinski definition) is 3. The van der Waals surface area contributed by atoms with Crippen molar-refractivity contribution in [1.82, 2.24) is 5.32 Å². The molecular formula is C18H20Cl2N3OS-. The van der Waals surface area contributed by atoms with Crippen LogP contribution < -0.4 is 28.8 Å². The van der Waals surface area contributed by atoms with Crippen molar-refractivity contribution in [3.05, 3.63) is 58.6 Å². The second-order valence-corrected chi connectivity index (χ2v) is 7.29. The molecule has 0 bridgehead atoms. The quantitative estimate of drug-likeness (QED) is 0.529. The predicted octanol–water partition coefficient (Wildman–Crippen LogP) is 1.35. The lowest BCUT2D eigenvalue weighted by Gasteiger charge is -2.19. The third-order valence-electron chi connectivity index (χ3n) is 3.48. The molecule has 0 heterocycles. The molecule has 0 saturated carbocycles. The molecule has 1 amide bonds. The molecule has 7 heteroatoms. The molecule has 0 unspecified atom stereocenters. The molecule has 0 aliphatic heterocycles. The van der Waals surface area contributed by atoms with Crippen LogP contribution in [0.1, 0.15) is 36.7 Å². The molecule has 0 fully saturated rings. The number of halogens is 2. The van der Waals surface area contributed by atoms with Crippen LogP contribution in [-0.4, -0.2) is 11.0 Å². The number of carbonyl (C=O) groups is 1. The summed E-state index contributed by atoms with van der Waals surface area (Å²) in [6.07, 6.45) is 0. The van der Waals surface area contributed by atoms with Crippen LogP contribution in [0.3, 0.4) is 0 Å². The monoisotopic (exact) mass is 396 g/mol. The van der Waals surface area contributed by atoms with Crippen LogP contribution in [0.5, 0.6) is 0 Å². The number of carbonyl (C=O) groups excluding carboxylic acids is 1. The van der Waals surface area contributed by atoms with Crippen LogP contribution >= 0.6 is 23.8 Å². The second kappa shape index (κ2) is 8.52. The Morgan fingerprint density at radius 2 is 1.72 bits per heavy atom. The number of thiocarbonyl (C=S) groups is 1. The predicted molar refractivity (Wildman–Crippen MR) is 105 cm³/mol. The minimum absolute atomic E-state index is 0. The van der Waals surface area contributed by atoms with E-state index in [0.717, 1.165) is 5.56 Å². The topological polar surface area (TPSA) is 67.2 Å². The van der Waals surface area contributed by atoms with Gasteiger partial charge in [-0.05, 0) is 53.5 Å². The van der Waals surface area contributed by atoms with Crippen LogP contribution in [0.4, 0.5) is 11.4 Å². The fourth-order valence-corrected chi connectivity index (χ4v) is 2.52. The molecule has 0 saturated heterocycles. The van der Waals surface area contributed by atoms with Crippen molar-refractivity contribution in [1.29, 1.82) is 0 Å². The molecule has 0 aliphatic carbocycles. The summed E-state index contributed by atoms with van der Waals surface area (Å²) in [5, 5.41) is 6.13. The van der Waals surface area contributed by atoms with Gasteiger partial charge < -0.3 is 23.5 Å². The SMILES string of the molecule is CC(C)(C)c1ccc(C(=O)NC(=S)Nc2ccc(N)cc2Cl)cc1.[Cl-]. The number of hydrogen-bond acceptors (Lipinski definition) is 3. The lowest BCUT2D eigenvalue weighted by molar-refractivity contribution is -0.0000135. The van der Waals surface area contributed by atoms with Crippen LogP contribution in [0.25, 0.3) is 0 Å². The van der Waals surface area contributed by atoms with Gasteiger partial charge in [0.05, 0.1) is 10.7 Å². The Bertz CT molecular complexity index is 771. The largest absolute Gasteiger partial charge is 1.00 e. The van der Waals surface area contributed by atoms with Gasteiger partial charge in [-0.1, -0.05) is 44.5 Å². The Morgan fingerprint density at radius 1 is 1.12 bits per heavy atom. The number of amides is 1. The summed E-state index contributed by atoms with van der Waals surface area (Å²) in [6, 6.07) is 12.5. The van der Waals surface area contributed by atoms with Gasteiger partial charge >= 0.3 is 0 Å². The first-order valence-electron chi connectivity index (χ1n) is 7.45. The Labute approximate surface area is 164 Å². The van der Waals surface area contributed by atoms with E-state index in [4.69, 9.17) is 29.6 Å². The lowest BCUT2D eigenvalue weighted by atomic mass is 9.87. The number of nitrogens with two attached hydrogens (primary N) is 1. The van der Waals surface area contributed by atoms with Crippen molar-refractivity contribution in [3.63, 3.8) is 0 Å². The zero-order chi connectivity index (χ0) is 17.9. The average molecular weight is 397 g/mol. The third kappa shape index (κ3) is 5.88. The van der Waals surface area contributed by atoms with Gasteiger partial charge in [0.2, 0.25) is 0 Å². The van der Waals surface area contributed by atoms with Crippen LogP contribution in [0, 0.1) is 0 Å². The second-order valence-electron chi connectivity index (χ2n) is 6.47. The molecule has 0 aromatic heterocycles. The maximum Gasteiger partial charge on any atom is 0.257 e. The van der Waals surface area contributed by atoms with Gasteiger partial charge in [-0.2, -0.15) is 0 Å². The van der Waals surface area contributed by atoms with Crippen LogP contribution in [0.2, 0.25) is 5.02 Å². The fourth-order valence-electron chi connectivity index (χ4n) is 2.08. The van der Waals surface area contributed by atoms with Gasteiger partial charge in [-0.3, -0.25) is 10.1 Å². The van der Waals surface area contributed by atoms with Gasteiger partial charge in [0.1, 0.15) is 0 Å². The zero-order valence-corrected chi connectivity index (χ0v) is 16.5. The summed E-state index contributed by atoms with van der Waals surface area (Å²) in [5.41, 5.74) is 8.52. The summed E-state index contributed by atoms with van der Waals surface area (Å²) in [7, 11) is 0. The summed E-state index contributed by atoms with van der Waals surface area (Å²) in [4.78, 5) is 12.3. The summed E-state index contributed by atoms with van der Waals surface area (Å²) in [5.74, 6) is -0.278. The highest BCUT2D eigenvalue weighted by atomic mass is 35.5. The summed E-state index contributed by atoms with van der Waals surface area (Å²) in [6.45, 7) is 6.37. The van der Waals surface area contributed by atoms with E-state index >= 15 is 0 Å². The maximum absolute atomic E-state index is 12.3. The van der Waals surface area contributed by atoms with E-state index in [0.29, 0.717) is 22.0 Å². The molecule has 2 aromatic carbocycles. The normalized spacial score (nSPS) is 10.6. The molecule has 25 heavy (non-hydrogen) atoms. The minimum Gasteiger partial charge on any atom is -1.00 e. The highest BCUT2D eigenvalue weighted by molar-refractivity contribution is 7.80. The van der Waals surface area contributed by atoms with Gasteiger partial charge in [0.15, 0.2) is 5.11 Å². The maximum atomic E-state index is 12.3. The van der Waals surface area contributed by atoms with Crippen molar-refractivity contribution < 1.29 is 17.2 Å². The standard InChI is InChI=1S/C18H20ClN3OS.ClH/c1-18(2,3)12-6-4-11(5-7-12)16(23)22-17(24)21-15-9-8-13(20)10-14(15)19;/h4-10H,20H2,1-3H3,(H2,21,22,23,24);1H/p-1. The highest BCUT2D eigenvalue weighted by Crippen LogP contribution is 2.24. The number of anilines is 2. The van der Waals surface area contributed by atoms with Gasteiger partial charge in [0, 0.05) is 11.3 Å². The molecule has 0 aliphatic rings. The summed E-state index contributed by atoms with van der Waals surface area (Å²) >= 11 is 11.2. The average Bonchev–Trinajstić information content (AvgIpc) is 2.49. The Hall–Kier alpha value is -1.82. The van der Waals surface area contributed by atoms with Crippen molar-refractivity contribution in [3.8, 4) is 0 Å². The number of nitrogens with one attached hydrogen (secondary N) is 2. The molecule has 4 nitrogen and oxygen atoms in total. The van der Waals surface area contributed by atoms with E-state index in [9.17, 15) is 4.79 Å². The van der Waals surface area contributed by atoms with Crippen molar-refractivity contribution in [2.45, 2.75) is 26.2 Å². The molecule has 4 N–H and O–H groups in total. The number of benzene rings is 2. The minimum atomic E-state index is -0.278. The first-order valence-corrected chi connectivity index (χ1v) is 8.23. The number of rotatable bonds is 2. The lowest BCUT2D eigenvalue weighted by Crippen LogP contribution is -3.00. The van der Waals surface area contributed by atoms with Crippen LogP contribution in [0.15, 0.2) is 42.5 Å². The highest BCUT2D eigenvalue weighted by Gasteiger charge is 2.15. The molecule has 0 spiro atoms. The van der Waals surface area contributed by atoms with Gasteiger partial charge in [-0.25, -0.2) is 0 Å². The zero-order valence-electron chi connectivity index (χ0n) is 14.2. The van der Waals surface area contributed by atoms with Crippen molar-refractivity contribution in [2.24, 2.45) is 0 Å². The number of nitrogen functional groups attached to an aromatic ring is 1. The molecular weight excluding hydrogens is 377 g/mol. The first kappa shape index (κ1) is 21.2. The third-order valence-corrected chi connectivity index (χ3v) is 4.00. The van der Waals surface area contributed by atoms with Crippen LogP contribution in [-0.2, 0) is 5.41 Å². The van der Waals surface area contributed by atoms with Gasteiger partial charge in [0.25, 0.3) is 5.91 Å². The molecule has 2 rings (SSSR count). The van der Waals surface area contributed by atoms with Crippen molar-refractivity contribution >= 4 is 46.2 Å². The van der Waals surface area contributed by atoms with Gasteiger partial charge in [-0.15, -0.1) is 0 Å². The Morgan fingerprint density at radius 3 is 2.24 bits per heavy atom. The van der Waals surface area contributed by atoms with E-state index in [2.05, 4.69) is 31.4 Å². The molecule has 0 atom stereocenters. The van der Waals surface area contributed by atoms with E-state index in [1.54, 1.807) is 30.3 Å². The molecule has 134 valence electrons. The molecule has 2 aromatic rings. The smallest absolute Gasteiger partial charge is 0.257 e. The van der Waals surface area contributed by atoms with E-state index < -0.39 is 0 Å². The first-order chi connectivity index (χ1) is 11.2. The van der Waals surface area contributed by atoms with E-state index in [1.165, 1.54) is 0 Å². The molecule has 0 radical (unpaired) electrons. The van der Waals surface area contributed by atoms with E-state index in [-0.39, 0.29) is 28.8 Å². The van der Waals surface area contributed by atoms with Crippen molar-refractivity contribution in [2.75, 3.05) is 11.1 Å². The fraction of sp³-hybridized carbons (Fsp3) is 0.222. The Balaban J connectivity index is 0.00000312.